The molecule has 0 aromatic heterocycles. The van der Waals surface area contributed by atoms with E-state index in [9.17, 15) is 14.4 Å². The number of hydrogen-bond acceptors (Lipinski definition) is 3. The number of nitrogens with one attached hydrogen (secondary N) is 2. The molecule has 150 valence electrons. The SMILES string of the molecule is CNC(=O)[C@@H](NC(=O)C(CCCc1ccc(C)cc1)CC(=O)O)C(C)(C)C. The number of amides is 2. The molecule has 0 heterocycles. The molecule has 0 saturated carbocycles. The molecule has 0 saturated heterocycles. The number of aryl methyl sites for hydroxylation is 2. The van der Waals surface area contributed by atoms with Crippen LogP contribution in [-0.2, 0) is 20.8 Å². The Balaban J connectivity index is 2.75. The third-order valence-electron chi connectivity index (χ3n) is 4.59. The van der Waals surface area contributed by atoms with Crippen LogP contribution in [0.25, 0.3) is 0 Å². The lowest BCUT2D eigenvalue weighted by Gasteiger charge is -2.31. The Kier molecular flexibility index (Phi) is 8.47. The van der Waals surface area contributed by atoms with Crippen molar-refractivity contribution in [1.82, 2.24) is 10.6 Å². The van der Waals surface area contributed by atoms with Crippen LogP contribution in [0.5, 0.6) is 0 Å². The van der Waals surface area contributed by atoms with E-state index < -0.39 is 23.3 Å². The van der Waals surface area contributed by atoms with Crippen molar-refractivity contribution in [2.24, 2.45) is 11.3 Å². The molecule has 0 radical (unpaired) electrons. The van der Waals surface area contributed by atoms with Crippen molar-refractivity contribution >= 4 is 17.8 Å². The molecule has 1 unspecified atom stereocenters. The van der Waals surface area contributed by atoms with Crippen LogP contribution in [0.15, 0.2) is 24.3 Å². The van der Waals surface area contributed by atoms with Crippen LogP contribution in [0.1, 0.15) is 51.2 Å². The lowest BCUT2D eigenvalue weighted by atomic mass is 9.85. The quantitative estimate of drug-likeness (QED) is 0.617. The number of carboxylic acid groups (broad SMARTS) is 1. The van der Waals surface area contributed by atoms with Crippen LogP contribution in [0.3, 0.4) is 0 Å². The number of carbonyl (C=O) groups is 3. The Hall–Kier alpha value is -2.37. The first-order valence-electron chi connectivity index (χ1n) is 9.34. The summed E-state index contributed by atoms with van der Waals surface area (Å²) in [5, 5.41) is 14.5. The zero-order chi connectivity index (χ0) is 20.6. The lowest BCUT2D eigenvalue weighted by molar-refractivity contribution is -0.142. The van der Waals surface area contributed by atoms with Gasteiger partial charge in [-0.2, -0.15) is 0 Å². The van der Waals surface area contributed by atoms with E-state index >= 15 is 0 Å². The number of carbonyl (C=O) groups excluding carboxylic acids is 2. The van der Waals surface area contributed by atoms with Crippen LogP contribution in [0.4, 0.5) is 0 Å². The van der Waals surface area contributed by atoms with E-state index in [4.69, 9.17) is 5.11 Å². The van der Waals surface area contributed by atoms with Crippen LogP contribution in [-0.4, -0.2) is 36.0 Å². The molecular formula is C21H32N2O4. The molecule has 2 amide bonds. The van der Waals surface area contributed by atoms with Crippen molar-refractivity contribution < 1.29 is 19.5 Å². The summed E-state index contributed by atoms with van der Waals surface area (Å²) in [5.74, 6) is -2.35. The van der Waals surface area contributed by atoms with Gasteiger partial charge in [-0.05, 0) is 37.2 Å². The van der Waals surface area contributed by atoms with Gasteiger partial charge >= 0.3 is 5.97 Å². The zero-order valence-corrected chi connectivity index (χ0v) is 17.0. The molecule has 0 aliphatic carbocycles. The summed E-state index contributed by atoms with van der Waals surface area (Å²) in [6.07, 6.45) is 1.69. The van der Waals surface area contributed by atoms with Gasteiger partial charge in [0.2, 0.25) is 11.8 Å². The Labute approximate surface area is 161 Å². The summed E-state index contributed by atoms with van der Waals surface area (Å²) in [6, 6.07) is 7.44. The lowest BCUT2D eigenvalue weighted by Crippen LogP contribution is -2.54. The Bertz CT molecular complexity index is 647. The van der Waals surface area contributed by atoms with E-state index in [-0.39, 0.29) is 18.2 Å². The number of rotatable bonds is 9. The second-order valence-corrected chi connectivity index (χ2v) is 8.09. The highest BCUT2D eigenvalue weighted by molar-refractivity contribution is 5.90. The molecule has 6 nitrogen and oxygen atoms in total. The monoisotopic (exact) mass is 376 g/mol. The fraction of sp³-hybridized carbons (Fsp3) is 0.571. The summed E-state index contributed by atoms with van der Waals surface area (Å²) in [4.78, 5) is 36.0. The smallest absolute Gasteiger partial charge is 0.304 e. The normalized spacial score (nSPS) is 13.5. The third-order valence-corrected chi connectivity index (χ3v) is 4.59. The molecule has 1 aromatic carbocycles. The largest absolute Gasteiger partial charge is 0.481 e. The van der Waals surface area contributed by atoms with Gasteiger partial charge in [-0.25, -0.2) is 0 Å². The molecule has 3 N–H and O–H groups in total. The van der Waals surface area contributed by atoms with Gasteiger partial charge in [-0.15, -0.1) is 0 Å². The fourth-order valence-electron chi connectivity index (χ4n) is 2.92. The molecule has 27 heavy (non-hydrogen) atoms. The highest BCUT2D eigenvalue weighted by Crippen LogP contribution is 2.21. The molecule has 0 aliphatic heterocycles. The number of hydrogen-bond donors (Lipinski definition) is 3. The summed E-state index contributed by atoms with van der Waals surface area (Å²) >= 11 is 0. The van der Waals surface area contributed by atoms with Gasteiger partial charge in [-0.1, -0.05) is 50.6 Å². The first kappa shape index (κ1) is 22.7. The molecular weight excluding hydrogens is 344 g/mol. The van der Waals surface area contributed by atoms with Gasteiger partial charge in [0.15, 0.2) is 0 Å². The Morgan fingerprint density at radius 3 is 2.15 bits per heavy atom. The average Bonchev–Trinajstić information content (AvgIpc) is 2.58. The highest BCUT2D eigenvalue weighted by atomic mass is 16.4. The molecule has 6 heteroatoms. The van der Waals surface area contributed by atoms with Gasteiger partial charge in [0.25, 0.3) is 0 Å². The Morgan fingerprint density at radius 2 is 1.67 bits per heavy atom. The van der Waals surface area contributed by atoms with Gasteiger partial charge < -0.3 is 15.7 Å². The number of carboxylic acids is 1. The number of likely N-dealkylation sites (N-methyl/N-ethyl adjacent to an activating group) is 1. The highest BCUT2D eigenvalue weighted by Gasteiger charge is 2.34. The van der Waals surface area contributed by atoms with Gasteiger partial charge in [-0.3, -0.25) is 14.4 Å². The van der Waals surface area contributed by atoms with E-state index in [1.165, 1.54) is 12.6 Å². The van der Waals surface area contributed by atoms with E-state index in [1.807, 2.05) is 52.0 Å². The minimum atomic E-state index is -1.02. The van der Waals surface area contributed by atoms with E-state index in [0.29, 0.717) is 12.8 Å². The maximum absolute atomic E-state index is 12.7. The molecule has 0 spiro atoms. The standard InChI is InChI=1S/C21H32N2O4/c1-14-9-11-15(12-10-14)7-6-8-16(13-17(24)25)19(26)23-18(20(27)22-5)21(2,3)4/h9-12,16,18H,6-8,13H2,1-5H3,(H,22,27)(H,23,26)(H,24,25)/t16?,18-/m1/s1. The minimum absolute atomic E-state index is 0.246. The Morgan fingerprint density at radius 1 is 1.07 bits per heavy atom. The number of aliphatic carboxylic acids is 1. The second kappa shape index (κ2) is 10.1. The molecule has 1 aromatic rings. The average molecular weight is 376 g/mol. The minimum Gasteiger partial charge on any atom is -0.481 e. The van der Waals surface area contributed by atoms with Crippen molar-refractivity contribution in [2.75, 3.05) is 7.05 Å². The van der Waals surface area contributed by atoms with Crippen molar-refractivity contribution in [2.45, 2.75) is 59.4 Å². The van der Waals surface area contributed by atoms with Crippen LogP contribution < -0.4 is 10.6 Å². The fourth-order valence-corrected chi connectivity index (χ4v) is 2.92. The topological polar surface area (TPSA) is 95.5 Å². The van der Waals surface area contributed by atoms with Crippen LogP contribution in [0, 0.1) is 18.3 Å². The van der Waals surface area contributed by atoms with E-state index in [0.717, 1.165) is 12.0 Å². The van der Waals surface area contributed by atoms with E-state index in [2.05, 4.69) is 10.6 Å². The first-order valence-corrected chi connectivity index (χ1v) is 9.34. The second-order valence-electron chi connectivity index (χ2n) is 8.09. The predicted octanol–water partition coefficient (Wildman–Crippen LogP) is 2.69. The summed E-state index contributed by atoms with van der Waals surface area (Å²) in [7, 11) is 1.52. The molecule has 0 fully saturated rings. The van der Waals surface area contributed by atoms with Crippen LogP contribution in [0.2, 0.25) is 0 Å². The van der Waals surface area contributed by atoms with Crippen LogP contribution >= 0.6 is 0 Å². The molecule has 0 aliphatic rings. The first-order chi connectivity index (χ1) is 12.5. The number of benzene rings is 1. The zero-order valence-electron chi connectivity index (χ0n) is 17.0. The summed E-state index contributed by atoms with van der Waals surface area (Å²) in [5.41, 5.74) is 1.86. The summed E-state index contributed by atoms with van der Waals surface area (Å²) in [6.45, 7) is 7.60. The molecule has 1 rings (SSSR count). The predicted molar refractivity (Wildman–Crippen MR) is 105 cm³/mol. The van der Waals surface area contributed by atoms with Crippen molar-refractivity contribution in [1.29, 1.82) is 0 Å². The molecule has 0 bridgehead atoms. The van der Waals surface area contributed by atoms with E-state index in [1.54, 1.807) is 0 Å². The maximum Gasteiger partial charge on any atom is 0.304 e. The van der Waals surface area contributed by atoms with Crippen molar-refractivity contribution in [3.63, 3.8) is 0 Å². The molecule has 2 atom stereocenters. The van der Waals surface area contributed by atoms with Gasteiger partial charge in [0.1, 0.15) is 6.04 Å². The van der Waals surface area contributed by atoms with Gasteiger partial charge in [0.05, 0.1) is 6.42 Å². The van der Waals surface area contributed by atoms with Crippen molar-refractivity contribution in [3.05, 3.63) is 35.4 Å². The van der Waals surface area contributed by atoms with Gasteiger partial charge in [0, 0.05) is 13.0 Å². The third kappa shape index (κ3) is 7.81. The van der Waals surface area contributed by atoms with Crippen molar-refractivity contribution in [3.8, 4) is 0 Å². The maximum atomic E-state index is 12.7. The summed E-state index contributed by atoms with van der Waals surface area (Å²) < 4.78 is 0.